The Morgan fingerprint density at radius 1 is 1.00 bits per heavy atom. The van der Waals surface area contributed by atoms with E-state index in [1.807, 2.05) is 36.4 Å². The van der Waals surface area contributed by atoms with Gasteiger partial charge in [0.2, 0.25) is 0 Å². The number of anilines is 1. The van der Waals surface area contributed by atoms with Gasteiger partial charge in [-0.05, 0) is 23.8 Å². The normalized spacial score (nSPS) is 14.3. The molecule has 0 fully saturated rings. The number of benzodiazepines with no additional fused rings is 1. The van der Waals surface area contributed by atoms with Crippen molar-refractivity contribution in [3.63, 3.8) is 0 Å². The van der Waals surface area contributed by atoms with Crippen molar-refractivity contribution in [2.45, 2.75) is 0 Å². The molecule has 3 rings (SSSR count). The maximum absolute atomic E-state index is 6.21. The van der Waals surface area contributed by atoms with Gasteiger partial charge in [-0.2, -0.15) is 0 Å². The summed E-state index contributed by atoms with van der Waals surface area (Å²) in [4.78, 5) is 4.62. The zero-order valence-electron chi connectivity index (χ0n) is 11.3. The number of fused-ring (bicyclic) bond motifs is 1. The molecule has 0 amide bonds. The first kappa shape index (κ1) is 14.2. The second-order valence-electron chi connectivity index (χ2n) is 4.72. The molecule has 2 nitrogen and oxygen atoms in total. The highest BCUT2D eigenvalue weighted by molar-refractivity contribution is 6.43. The molecule has 0 unspecified atom stereocenters. The fraction of sp³-hybridized carbons (Fsp3) is 0.118. The van der Waals surface area contributed by atoms with E-state index in [2.05, 4.69) is 22.4 Å². The zero-order chi connectivity index (χ0) is 14.7. The van der Waals surface area contributed by atoms with Crippen LogP contribution in [-0.4, -0.2) is 18.8 Å². The molecule has 0 aromatic heterocycles. The molecule has 106 valence electrons. The van der Waals surface area contributed by atoms with Gasteiger partial charge in [-0.1, -0.05) is 59.6 Å². The average molecular weight is 317 g/mol. The maximum atomic E-state index is 6.21. The van der Waals surface area contributed by atoms with Crippen molar-refractivity contribution in [3.8, 4) is 0 Å². The molecule has 1 aliphatic heterocycles. The van der Waals surface area contributed by atoms with Crippen molar-refractivity contribution in [2.75, 3.05) is 18.4 Å². The summed E-state index contributed by atoms with van der Waals surface area (Å²) in [6.07, 6.45) is 3.94. The standard InChI is InChI=1S/C17H14Cl2N2/c18-14-6-3-4-12(17(14)19)8-9-16-13-5-1-2-7-15(13)20-10-11-21-16/h1-9,20H,10-11H2/b9-8+. The zero-order valence-corrected chi connectivity index (χ0v) is 12.8. The molecule has 0 saturated carbocycles. The van der Waals surface area contributed by atoms with Crippen molar-refractivity contribution in [1.29, 1.82) is 0 Å². The Morgan fingerprint density at radius 3 is 2.76 bits per heavy atom. The number of aliphatic imine (C=N–C) groups is 1. The van der Waals surface area contributed by atoms with Gasteiger partial charge >= 0.3 is 0 Å². The molecule has 0 atom stereocenters. The first-order chi connectivity index (χ1) is 10.3. The lowest BCUT2D eigenvalue weighted by Crippen LogP contribution is -2.03. The smallest absolute Gasteiger partial charge is 0.0668 e. The Kier molecular flexibility index (Phi) is 4.28. The molecular formula is C17H14Cl2N2. The summed E-state index contributed by atoms with van der Waals surface area (Å²) < 4.78 is 0. The van der Waals surface area contributed by atoms with Crippen LogP contribution in [0.15, 0.2) is 53.5 Å². The number of benzene rings is 2. The van der Waals surface area contributed by atoms with Gasteiger partial charge in [-0.25, -0.2) is 0 Å². The lowest BCUT2D eigenvalue weighted by atomic mass is 10.1. The van der Waals surface area contributed by atoms with Gasteiger partial charge in [0.1, 0.15) is 0 Å². The molecule has 0 aliphatic carbocycles. The van der Waals surface area contributed by atoms with E-state index in [-0.39, 0.29) is 0 Å². The second kappa shape index (κ2) is 6.33. The van der Waals surface area contributed by atoms with Crippen LogP contribution in [0.25, 0.3) is 6.08 Å². The quantitative estimate of drug-likeness (QED) is 0.835. The van der Waals surface area contributed by atoms with Crippen molar-refractivity contribution in [2.24, 2.45) is 4.99 Å². The summed E-state index contributed by atoms with van der Waals surface area (Å²) >= 11 is 12.2. The first-order valence-corrected chi connectivity index (χ1v) is 7.51. The van der Waals surface area contributed by atoms with Crippen LogP contribution < -0.4 is 5.32 Å². The highest BCUT2D eigenvalue weighted by Gasteiger charge is 2.09. The third kappa shape index (κ3) is 3.12. The maximum Gasteiger partial charge on any atom is 0.0668 e. The molecule has 0 saturated heterocycles. The number of para-hydroxylation sites is 1. The van der Waals surface area contributed by atoms with E-state index in [0.717, 1.165) is 35.6 Å². The number of allylic oxidation sites excluding steroid dienone is 1. The Hall–Kier alpha value is -1.77. The number of halogens is 2. The number of nitrogens with one attached hydrogen (secondary N) is 1. The number of hydrogen-bond acceptors (Lipinski definition) is 2. The van der Waals surface area contributed by atoms with Crippen molar-refractivity contribution in [1.82, 2.24) is 0 Å². The fourth-order valence-electron chi connectivity index (χ4n) is 2.27. The molecule has 1 heterocycles. The van der Waals surface area contributed by atoms with Crippen LogP contribution in [0.4, 0.5) is 5.69 Å². The molecule has 2 aromatic rings. The van der Waals surface area contributed by atoms with Gasteiger partial charge in [-0.15, -0.1) is 0 Å². The Balaban J connectivity index is 1.96. The minimum atomic E-state index is 0.559. The number of hydrogen-bond donors (Lipinski definition) is 1. The predicted octanol–water partition coefficient (Wildman–Crippen LogP) is 4.92. The topological polar surface area (TPSA) is 24.4 Å². The Morgan fingerprint density at radius 2 is 1.86 bits per heavy atom. The SMILES string of the molecule is Clc1cccc(/C=C/C2=NCCNc3ccccc32)c1Cl. The van der Waals surface area contributed by atoms with Crippen LogP contribution in [0.1, 0.15) is 11.1 Å². The van der Waals surface area contributed by atoms with Crippen LogP contribution in [0.3, 0.4) is 0 Å². The Labute approximate surface area is 134 Å². The van der Waals surface area contributed by atoms with Crippen molar-refractivity contribution < 1.29 is 0 Å². The van der Waals surface area contributed by atoms with Gasteiger partial charge in [0.05, 0.1) is 22.3 Å². The lowest BCUT2D eigenvalue weighted by Gasteiger charge is -2.07. The summed E-state index contributed by atoms with van der Waals surface area (Å²) in [6.45, 7) is 1.59. The van der Waals surface area contributed by atoms with Crippen LogP contribution in [0, 0.1) is 0 Å². The molecule has 0 radical (unpaired) electrons. The molecule has 0 bridgehead atoms. The molecule has 2 aromatic carbocycles. The summed E-state index contributed by atoms with van der Waals surface area (Å²) in [7, 11) is 0. The Bertz CT molecular complexity index is 720. The molecule has 0 spiro atoms. The van der Waals surface area contributed by atoms with Gasteiger partial charge in [0.15, 0.2) is 0 Å². The van der Waals surface area contributed by atoms with Gasteiger partial charge in [-0.3, -0.25) is 4.99 Å². The van der Waals surface area contributed by atoms with Gasteiger partial charge in [0, 0.05) is 17.8 Å². The average Bonchev–Trinajstić information content (AvgIpc) is 2.71. The highest BCUT2D eigenvalue weighted by Crippen LogP contribution is 2.27. The largest absolute Gasteiger partial charge is 0.383 e. The van der Waals surface area contributed by atoms with Crippen LogP contribution in [0.5, 0.6) is 0 Å². The summed E-state index contributed by atoms with van der Waals surface area (Å²) in [6, 6.07) is 13.8. The molecule has 1 aliphatic rings. The van der Waals surface area contributed by atoms with Crippen LogP contribution in [-0.2, 0) is 0 Å². The van der Waals surface area contributed by atoms with E-state index in [1.165, 1.54) is 0 Å². The molecule has 21 heavy (non-hydrogen) atoms. The van der Waals surface area contributed by atoms with E-state index in [0.29, 0.717) is 10.0 Å². The van der Waals surface area contributed by atoms with Crippen LogP contribution in [0.2, 0.25) is 10.0 Å². The molecule has 1 N–H and O–H groups in total. The predicted molar refractivity (Wildman–Crippen MR) is 91.8 cm³/mol. The minimum absolute atomic E-state index is 0.559. The lowest BCUT2D eigenvalue weighted by molar-refractivity contribution is 1.04. The number of nitrogens with zero attached hydrogens (tertiary/aromatic N) is 1. The molecule has 4 heteroatoms. The van der Waals surface area contributed by atoms with Crippen molar-refractivity contribution >= 4 is 40.7 Å². The van der Waals surface area contributed by atoms with Gasteiger partial charge < -0.3 is 5.32 Å². The summed E-state index contributed by atoms with van der Waals surface area (Å²) in [5.74, 6) is 0. The second-order valence-corrected chi connectivity index (χ2v) is 5.50. The highest BCUT2D eigenvalue weighted by atomic mass is 35.5. The number of rotatable bonds is 2. The van der Waals surface area contributed by atoms with Crippen molar-refractivity contribution in [3.05, 3.63) is 69.7 Å². The molecular weight excluding hydrogens is 303 g/mol. The van der Waals surface area contributed by atoms with Gasteiger partial charge in [0.25, 0.3) is 0 Å². The third-order valence-corrected chi connectivity index (χ3v) is 4.15. The van der Waals surface area contributed by atoms with E-state index in [1.54, 1.807) is 6.07 Å². The van der Waals surface area contributed by atoms with Crippen LogP contribution >= 0.6 is 23.2 Å². The van der Waals surface area contributed by atoms with E-state index in [9.17, 15) is 0 Å². The minimum Gasteiger partial charge on any atom is -0.383 e. The monoisotopic (exact) mass is 316 g/mol. The summed E-state index contributed by atoms with van der Waals surface area (Å²) in [5, 5.41) is 4.50. The fourth-order valence-corrected chi connectivity index (χ4v) is 2.64. The van der Waals surface area contributed by atoms with E-state index in [4.69, 9.17) is 23.2 Å². The third-order valence-electron chi connectivity index (χ3n) is 3.31. The first-order valence-electron chi connectivity index (χ1n) is 6.75. The van der Waals surface area contributed by atoms with E-state index >= 15 is 0 Å². The summed E-state index contributed by atoms with van der Waals surface area (Å²) in [5.41, 5.74) is 4.05. The van der Waals surface area contributed by atoms with E-state index < -0.39 is 0 Å².